The predicted molar refractivity (Wildman–Crippen MR) is 60.9 cm³/mol. The molecule has 0 amide bonds. The molecule has 0 atom stereocenters. The Hall–Kier alpha value is -2.01. The number of aromatic nitrogens is 2. The number of nitrogens with zero attached hydrogens (tertiary/aromatic N) is 2. The minimum Gasteiger partial charge on any atom is -0.504 e. The molecule has 0 saturated heterocycles. The van der Waals surface area contributed by atoms with Crippen LogP contribution in [-0.2, 0) is 0 Å². The summed E-state index contributed by atoms with van der Waals surface area (Å²) in [6, 6.07) is 7.71. The lowest BCUT2D eigenvalue weighted by Crippen LogP contribution is -2.21. The molecule has 1 aromatic carbocycles. The number of anilines is 1. The van der Waals surface area contributed by atoms with Gasteiger partial charge in [0.1, 0.15) is 0 Å². The van der Waals surface area contributed by atoms with Crippen LogP contribution in [0.4, 0.5) is 5.82 Å². The Balaban J connectivity index is 2.70. The Morgan fingerprint density at radius 2 is 2.06 bits per heavy atom. The van der Waals surface area contributed by atoms with E-state index in [9.17, 15) is 9.90 Å². The van der Waals surface area contributed by atoms with E-state index in [1.807, 2.05) is 0 Å². The van der Waals surface area contributed by atoms with E-state index < -0.39 is 5.56 Å². The molecule has 6 heteroatoms. The van der Waals surface area contributed by atoms with Crippen molar-refractivity contribution in [3.63, 3.8) is 0 Å². The van der Waals surface area contributed by atoms with E-state index in [4.69, 9.17) is 17.3 Å². The van der Waals surface area contributed by atoms with E-state index in [1.54, 1.807) is 24.3 Å². The largest absolute Gasteiger partial charge is 0.504 e. The number of nitrogens with two attached hydrogens (primary N) is 1. The zero-order valence-electron chi connectivity index (χ0n) is 8.09. The molecule has 82 valence electrons. The number of halogens is 1. The highest BCUT2D eigenvalue weighted by molar-refractivity contribution is 6.32. The summed E-state index contributed by atoms with van der Waals surface area (Å²) in [6.07, 6.45) is 0. The van der Waals surface area contributed by atoms with Gasteiger partial charge in [-0.1, -0.05) is 23.7 Å². The maximum atomic E-state index is 11.6. The topological polar surface area (TPSA) is 81.1 Å². The van der Waals surface area contributed by atoms with Crippen molar-refractivity contribution in [3.05, 3.63) is 45.7 Å². The third-order valence-corrected chi connectivity index (χ3v) is 2.34. The number of rotatable bonds is 1. The van der Waals surface area contributed by atoms with Crippen LogP contribution in [0.2, 0.25) is 5.02 Å². The fraction of sp³-hybridized carbons (Fsp3) is 0. The van der Waals surface area contributed by atoms with E-state index in [0.29, 0.717) is 10.7 Å². The summed E-state index contributed by atoms with van der Waals surface area (Å²) in [7, 11) is 0. The van der Waals surface area contributed by atoms with E-state index in [0.717, 1.165) is 10.7 Å². The van der Waals surface area contributed by atoms with Crippen molar-refractivity contribution in [1.29, 1.82) is 0 Å². The summed E-state index contributed by atoms with van der Waals surface area (Å²) in [5.74, 6) is -0.465. The molecule has 0 aliphatic heterocycles. The first-order chi connectivity index (χ1) is 7.59. The van der Waals surface area contributed by atoms with E-state index in [2.05, 4.69) is 5.10 Å². The Morgan fingerprint density at radius 3 is 2.75 bits per heavy atom. The SMILES string of the molecule is Nc1nn(-c2ccccc2Cl)c(=O)cc1O. The molecule has 0 fully saturated rings. The lowest BCUT2D eigenvalue weighted by Gasteiger charge is -2.07. The van der Waals surface area contributed by atoms with Crippen LogP contribution < -0.4 is 11.3 Å². The standard InChI is InChI=1S/C10H8ClN3O2/c11-6-3-1-2-4-7(6)14-9(16)5-8(15)10(12)13-14/h1-5,15H,(H2,12,13). The van der Waals surface area contributed by atoms with Crippen LogP contribution in [-0.4, -0.2) is 14.9 Å². The lowest BCUT2D eigenvalue weighted by molar-refractivity contribution is 0.471. The zero-order chi connectivity index (χ0) is 11.7. The van der Waals surface area contributed by atoms with Gasteiger partial charge in [-0.15, -0.1) is 5.10 Å². The molecule has 0 aliphatic carbocycles. The molecule has 0 spiro atoms. The van der Waals surface area contributed by atoms with Crippen LogP contribution in [0.3, 0.4) is 0 Å². The van der Waals surface area contributed by atoms with Gasteiger partial charge in [-0.05, 0) is 12.1 Å². The smallest absolute Gasteiger partial charge is 0.275 e. The summed E-state index contributed by atoms with van der Waals surface area (Å²) in [5.41, 5.74) is 5.33. The van der Waals surface area contributed by atoms with Gasteiger partial charge in [0.25, 0.3) is 5.56 Å². The predicted octanol–water partition coefficient (Wildman–Crippen LogP) is 1.17. The van der Waals surface area contributed by atoms with Gasteiger partial charge in [-0.3, -0.25) is 4.79 Å². The van der Waals surface area contributed by atoms with Gasteiger partial charge in [0.05, 0.1) is 16.8 Å². The molecule has 16 heavy (non-hydrogen) atoms. The Bertz CT molecular complexity index is 595. The second-order valence-electron chi connectivity index (χ2n) is 3.12. The lowest BCUT2D eigenvalue weighted by atomic mass is 10.3. The van der Waals surface area contributed by atoms with Gasteiger partial charge in [0.15, 0.2) is 11.6 Å². The van der Waals surface area contributed by atoms with Crippen molar-refractivity contribution in [2.24, 2.45) is 0 Å². The van der Waals surface area contributed by atoms with Crippen molar-refractivity contribution in [2.75, 3.05) is 5.73 Å². The Morgan fingerprint density at radius 1 is 1.38 bits per heavy atom. The van der Waals surface area contributed by atoms with Crippen LogP contribution in [0.5, 0.6) is 5.75 Å². The van der Waals surface area contributed by atoms with Crippen LogP contribution in [0.15, 0.2) is 35.1 Å². The highest BCUT2D eigenvalue weighted by Gasteiger charge is 2.08. The average Bonchev–Trinajstić information content (AvgIpc) is 2.25. The highest BCUT2D eigenvalue weighted by Crippen LogP contribution is 2.19. The number of hydrogen-bond donors (Lipinski definition) is 2. The molecule has 1 heterocycles. The molecule has 5 nitrogen and oxygen atoms in total. The van der Waals surface area contributed by atoms with E-state index in [-0.39, 0.29) is 11.6 Å². The number of hydrogen-bond acceptors (Lipinski definition) is 4. The van der Waals surface area contributed by atoms with Gasteiger partial charge >= 0.3 is 0 Å². The Labute approximate surface area is 95.7 Å². The molecule has 0 aliphatic rings. The van der Waals surface area contributed by atoms with E-state index in [1.165, 1.54) is 0 Å². The molecule has 1 aromatic heterocycles. The van der Waals surface area contributed by atoms with Gasteiger partial charge in [-0.25, -0.2) is 0 Å². The van der Waals surface area contributed by atoms with Gasteiger partial charge in [-0.2, -0.15) is 4.68 Å². The fourth-order valence-electron chi connectivity index (χ4n) is 1.26. The van der Waals surface area contributed by atoms with Crippen molar-refractivity contribution < 1.29 is 5.11 Å². The van der Waals surface area contributed by atoms with Crippen molar-refractivity contribution in [1.82, 2.24) is 9.78 Å². The summed E-state index contributed by atoms with van der Waals surface area (Å²) in [5, 5.41) is 13.3. The average molecular weight is 238 g/mol. The van der Waals surface area contributed by atoms with Crippen LogP contribution >= 0.6 is 11.6 Å². The van der Waals surface area contributed by atoms with Gasteiger partial charge in [0.2, 0.25) is 0 Å². The molecule has 0 radical (unpaired) electrons. The number of aromatic hydroxyl groups is 1. The summed E-state index contributed by atoms with van der Waals surface area (Å²) < 4.78 is 1.04. The fourth-order valence-corrected chi connectivity index (χ4v) is 1.47. The maximum Gasteiger partial charge on any atom is 0.275 e. The molecule has 2 rings (SSSR count). The number of benzene rings is 1. The quantitative estimate of drug-likeness (QED) is 0.780. The number of para-hydroxylation sites is 1. The first kappa shape index (κ1) is 10.5. The van der Waals surface area contributed by atoms with Crippen molar-refractivity contribution in [2.45, 2.75) is 0 Å². The minimum atomic E-state index is -0.500. The number of nitrogen functional groups attached to an aromatic ring is 1. The first-order valence-electron chi connectivity index (χ1n) is 4.43. The third kappa shape index (κ3) is 1.72. The second kappa shape index (κ2) is 3.86. The summed E-state index contributed by atoms with van der Waals surface area (Å²) in [4.78, 5) is 11.6. The Kier molecular flexibility index (Phi) is 2.54. The van der Waals surface area contributed by atoms with Gasteiger partial charge < -0.3 is 10.8 Å². The van der Waals surface area contributed by atoms with Crippen LogP contribution in [0.25, 0.3) is 5.69 Å². The molecule has 0 bridgehead atoms. The normalized spacial score (nSPS) is 10.3. The molecule has 0 unspecified atom stereocenters. The third-order valence-electron chi connectivity index (χ3n) is 2.02. The van der Waals surface area contributed by atoms with E-state index >= 15 is 0 Å². The van der Waals surface area contributed by atoms with Crippen molar-refractivity contribution >= 4 is 17.4 Å². The maximum absolute atomic E-state index is 11.6. The molecule has 3 N–H and O–H groups in total. The highest BCUT2D eigenvalue weighted by atomic mass is 35.5. The second-order valence-corrected chi connectivity index (χ2v) is 3.52. The molecule has 2 aromatic rings. The van der Waals surface area contributed by atoms with Gasteiger partial charge in [0, 0.05) is 0 Å². The monoisotopic (exact) mass is 237 g/mol. The zero-order valence-corrected chi connectivity index (χ0v) is 8.85. The van der Waals surface area contributed by atoms with Crippen LogP contribution in [0, 0.1) is 0 Å². The first-order valence-corrected chi connectivity index (χ1v) is 4.81. The molecular weight excluding hydrogens is 230 g/mol. The van der Waals surface area contributed by atoms with Crippen molar-refractivity contribution in [3.8, 4) is 11.4 Å². The van der Waals surface area contributed by atoms with Crippen LogP contribution in [0.1, 0.15) is 0 Å². The molecular formula is C10H8ClN3O2. The molecule has 0 saturated carbocycles. The summed E-state index contributed by atoms with van der Waals surface area (Å²) >= 11 is 5.92. The summed E-state index contributed by atoms with van der Waals surface area (Å²) in [6.45, 7) is 0. The minimum absolute atomic E-state index is 0.125.